The van der Waals surface area contributed by atoms with E-state index in [1.165, 1.54) is 0 Å². The molecule has 1 N–H and O–H groups in total. The summed E-state index contributed by atoms with van der Waals surface area (Å²) in [6, 6.07) is 0. The molecule has 14 heavy (non-hydrogen) atoms. The zero-order valence-corrected chi connectivity index (χ0v) is 8.23. The van der Waals surface area contributed by atoms with Crippen molar-refractivity contribution in [3.05, 3.63) is 18.0 Å². The third kappa shape index (κ3) is 1.57. The Morgan fingerprint density at radius 3 is 2.64 bits per heavy atom. The first-order valence-electron chi connectivity index (χ1n) is 4.83. The molecule has 4 heteroatoms. The van der Waals surface area contributed by atoms with Crippen molar-refractivity contribution in [1.29, 1.82) is 0 Å². The Labute approximate surface area is 82.5 Å². The van der Waals surface area contributed by atoms with Crippen LogP contribution in [0.4, 0.5) is 0 Å². The standard InChI is InChI=1S/C10H14N2O2/c1-12-7-8(6-11-12)10(14)4-2-9(13)3-5-10/h6-7,14H,2-5H2,1H3. The summed E-state index contributed by atoms with van der Waals surface area (Å²) < 4.78 is 1.67. The van der Waals surface area contributed by atoms with E-state index in [1.54, 1.807) is 10.9 Å². The summed E-state index contributed by atoms with van der Waals surface area (Å²) in [6.07, 6.45) is 5.50. The number of carbonyl (C=O) groups excluding carboxylic acids is 1. The maximum atomic E-state index is 11.1. The van der Waals surface area contributed by atoms with E-state index < -0.39 is 5.60 Å². The number of hydrogen-bond donors (Lipinski definition) is 1. The molecule has 0 unspecified atom stereocenters. The lowest BCUT2D eigenvalue weighted by atomic mass is 9.80. The molecule has 0 radical (unpaired) electrons. The Morgan fingerprint density at radius 1 is 1.50 bits per heavy atom. The summed E-state index contributed by atoms with van der Waals surface area (Å²) in [7, 11) is 1.82. The third-order valence-electron chi connectivity index (χ3n) is 2.88. The fraction of sp³-hybridized carbons (Fsp3) is 0.600. The molecule has 76 valence electrons. The quantitative estimate of drug-likeness (QED) is 0.717. The predicted molar refractivity (Wildman–Crippen MR) is 50.6 cm³/mol. The molecule has 0 bridgehead atoms. The first-order chi connectivity index (χ1) is 6.60. The van der Waals surface area contributed by atoms with Crippen molar-refractivity contribution in [2.45, 2.75) is 31.3 Å². The minimum absolute atomic E-state index is 0.249. The number of hydrogen-bond acceptors (Lipinski definition) is 3. The SMILES string of the molecule is Cn1cc(C2(O)CCC(=O)CC2)cn1. The van der Waals surface area contributed by atoms with Crippen LogP contribution in [0.5, 0.6) is 0 Å². The van der Waals surface area contributed by atoms with Crippen LogP contribution in [0, 0.1) is 0 Å². The molecule has 2 rings (SSSR count). The van der Waals surface area contributed by atoms with Crippen molar-refractivity contribution in [3.8, 4) is 0 Å². The van der Waals surface area contributed by atoms with Gasteiger partial charge in [0, 0.05) is 31.6 Å². The summed E-state index contributed by atoms with van der Waals surface area (Å²) in [5, 5.41) is 14.3. The Bertz CT molecular complexity index is 347. The number of nitrogens with zero attached hydrogens (tertiary/aromatic N) is 2. The molecule has 0 amide bonds. The van der Waals surface area contributed by atoms with Crippen LogP contribution in [0.3, 0.4) is 0 Å². The second-order valence-corrected chi connectivity index (χ2v) is 3.97. The fourth-order valence-electron chi connectivity index (χ4n) is 1.89. The van der Waals surface area contributed by atoms with E-state index in [0.717, 1.165) is 5.56 Å². The van der Waals surface area contributed by atoms with Crippen molar-refractivity contribution in [1.82, 2.24) is 9.78 Å². The van der Waals surface area contributed by atoms with Gasteiger partial charge in [-0.2, -0.15) is 5.10 Å². The lowest BCUT2D eigenvalue weighted by molar-refractivity contribution is -0.125. The second kappa shape index (κ2) is 3.20. The van der Waals surface area contributed by atoms with Gasteiger partial charge in [-0.25, -0.2) is 0 Å². The molecule has 0 aromatic carbocycles. The van der Waals surface area contributed by atoms with E-state index in [0.29, 0.717) is 25.7 Å². The molecule has 4 nitrogen and oxygen atoms in total. The van der Waals surface area contributed by atoms with Crippen LogP contribution in [-0.4, -0.2) is 20.7 Å². The van der Waals surface area contributed by atoms with Gasteiger partial charge in [-0.05, 0) is 12.8 Å². The van der Waals surface area contributed by atoms with E-state index in [4.69, 9.17) is 0 Å². The van der Waals surface area contributed by atoms with Crippen LogP contribution in [0.2, 0.25) is 0 Å². The van der Waals surface area contributed by atoms with E-state index in [9.17, 15) is 9.90 Å². The van der Waals surface area contributed by atoms with Crippen LogP contribution < -0.4 is 0 Å². The van der Waals surface area contributed by atoms with Gasteiger partial charge in [0.05, 0.1) is 11.8 Å². The fourth-order valence-corrected chi connectivity index (χ4v) is 1.89. The molecule has 1 saturated carbocycles. The van der Waals surface area contributed by atoms with Gasteiger partial charge in [-0.1, -0.05) is 0 Å². The van der Waals surface area contributed by atoms with Crippen molar-refractivity contribution in [2.24, 2.45) is 7.05 Å². The van der Waals surface area contributed by atoms with Crippen LogP contribution in [0.15, 0.2) is 12.4 Å². The Kier molecular flexibility index (Phi) is 2.15. The normalized spacial score (nSPS) is 21.1. The van der Waals surface area contributed by atoms with Crippen LogP contribution >= 0.6 is 0 Å². The second-order valence-electron chi connectivity index (χ2n) is 3.97. The number of Topliss-reactive ketones (excluding diaryl/α,β-unsaturated/α-hetero) is 1. The first-order valence-corrected chi connectivity index (χ1v) is 4.83. The largest absolute Gasteiger partial charge is 0.385 e. The van der Waals surface area contributed by atoms with Crippen molar-refractivity contribution < 1.29 is 9.90 Å². The maximum Gasteiger partial charge on any atom is 0.133 e. The van der Waals surface area contributed by atoms with E-state index in [1.807, 2.05) is 13.2 Å². The predicted octanol–water partition coefficient (Wildman–Crippen LogP) is 0.751. The topological polar surface area (TPSA) is 55.1 Å². The first kappa shape index (κ1) is 9.40. The number of aryl methyl sites for hydroxylation is 1. The van der Waals surface area contributed by atoms with Crippen molar-refractivity contribution >= 4 is 5.78 Å². The lowest BCUT2D eigenvalue weighted by Gasteiger charge is -2.30. The molecule has 1 aliphatic carbocycles. The molecule has 0 spiro atoms. The number of ketones is 1. The van der Waals surface area contributed by atoms with Crippen LogP contribution in [0.25, 0.3) is 0 Å². The van der Waals surface area contributed by atoms with Gasteiger partial charge in [0.15, 0.2) is 0 Å². The summed E-state index contributed by atoms with van der Waals surface area (Å²) in [6.45, 7) is 0. The highest BCUT2D eigenvalue weighted by Crippen LogP contribution is 2.35. The maximum absolute atomic E-state index is 11.1. The average Bonchev–Trinajstić information content (AvgIpc) is 2.58. The molecule has 1 fully saturated rings. The minimum atomic E-state index is -0.831. The number of carbonyl (C=O) groups is 1. The molecule has 1 aromatic rings. The smallest absolute Gasteiger partial charge is 0.133 e. The number of rotatable bonds is 1. The highest BCUT2D eigenvalue weighted by Gasteiger charge is 2.34. The Balaban J connectivity index is 2.20. The molecule has 1 aliphatic rings. The average molecular weight is 194 g/mol. The highest BCUT2D eigenvalue weighted by atomic mass is 16.3. The van der Waals surface area contributed by atoms with Crippen molar-refractivity contribution in [2.75, 3.05) is 0 Å². The van der Waals surface area contributed by atoms with Gasteiger partial charge in [0.25, 0.3) is 0 Å². The van der Waals surface area contributed by atoms with Gasteiger partial charge in [-0.3, -0.25) is 9.48 Å². The highest BCUT2D eigenvalue weighted by molar-refractivity contribution is 5.79. The molecule has 1 heterocycles. The monoisotopic (exact) mass is 194 g/mol. The molecular formula is C10H14N2O2. The summed E-state index contributed by atoms with van der Waals surface area (Å²) in [5.41, 5.74) is -0.00479. The molecular weight excluding hydrogens is 180 g/mol. The summed E-state index contributed by atoms with van der Waals surface area (Å²) >= 11 is 0. The number of aromatic nitrogens is 2. The van der Waals surface area contributed by atoms with Gasteiger partial charge in [-0.15, -0.1) is 0 Å². The van der Waals surface area contributed by atoms with Gasteiger partial charge in [0.2, 0.25) is 0 Å². The van der Waals surface area contributed by atoms with Gasteiger partial charge < -0.3 is 5.11 Å². The van der Waals surface area contributed by atoms with E-state index in [-0.39, 0.29) is 5.78 Å². The van der Waals surface area contributed by atoms with E-state index in [2.05, 4.69) is 5.10 Å². The van der Waals surface area contributed by atoms with Crippen LogP contribution in [0.1, 0.15) is 31.2 Å². The molecule has 0 saturated heterocycles. The summed E-state index contributed by atoms with van der Waals surface area (Å²) in [4.78, 5) is 11.1. The van der Waals surface area contributed by atoms with Gasteiger partial charge >= 0.3 is 0 Å². The molecule has 0 atom stereocenters. The zero-order valence-electron chi connectivity index (χ0n) is 8.23. The Morgan fingerprint density at radius 2 is 2.14 bits per heavy atom. The third-order valence-corrected chi connectivity index (χ3v) is 2.88. The van der Waals surface area contributed by atoms with E-state index >= 15 is 0 Å². The zero-order chi connectivity index (χ0) is 10.2. The lowest BCUT2D eigenvalue weighted by Crippen LogP contribution is -2.31. The number of aliphatic hydroxyl groups is 1. The molecule has 0 aliphatic heterocycles. The minimum Gasteiger partial charge on any atom is -0.385 e. The Hall–Kier alpha value is -1.16. The summed E-state index contributed by atoms with van der Waals surface area (Å²) in [5.74, 6) is 0.249. The van der Waals surface area contributed by atoms with Gasteiger partial charge in [0.1, 0.15) is 5.78 Å². The van der Waals surface area contributed by atoms with Crippen LogP contribution in [-0.2, 0) is 17.4 Å². The van der Waals surface area contributed by atoms with Crippen molar-refractivity contribution in [3.63, 3.8) is 0 Å². The molecule has 1 aromatic heterocycles.